The second-order valence-electron chi connectivity index (χ2n) is 9.47. The molecule has 5 heteroatoms. The Balaban J connectivity index is 1.64. The lowest BCUT2D eigenvalue weighted by atomic mass is 9.42. The monoisotopic (exact) mass is 437 g/mol. The number of para-hydroxylation sites is 1. The number of nitrogens with zero attached hydrogens (tertiary/aromatic N) is 1. The second-order valence-corrected chi connectivity index (χ2v) is 9.47. The zero-order valence-corrected chi connectivity index (χ0v) is 18.7. The molecule has 0 N–H and O–H groups in total. The van der Waals surface area contributed by atoms with Gasteiger partial charge in [-0.3, -0.25) is 9.59 Å². The van der Waals surface area contributed by atoms with Gasteiger partial charge >= 0.3 is 5.97 Å². The highest BCUT2D eigenvalue weighted by Gasteiger charge is 2.70. The number of ether oxygens (including phenoxy) is 1. The van der Waals surface area contributed by atoms with Crippen LogP contribution in [0.15, 0.2) is 72.8 Å². The lowest BCUT2D eigenvalue weighted by Crippen LogP contribution is -2.59. The van der Waals surface area contributed by atoms with Crippen molar-refractivity contribution in [2.75, 3.05) is 12.0 Å². The van der Waals surface area contributed by atoms with Gasteiger partial charge in [0.1, 0.15) is 0 Å². The molecule has 2 amide bonds. The van der Waals surface area contributed by atoms with Crippen molar-refractivity contribution in [1.82, 2.24) is 0 Å². The van der Waals surface area contributed by atoms with E-state index in [1.807, 2.05) is 24.3 Å². The number of rotatable bonds is 2. The Labute approximate surface area is 192 Å². The van der Waals surface area contributed by atoms with E-state index in [2.05, 4.69) is 38.1 Å². The smallest absolute Gasteiger partial charge is 0.339 e. The fraction of sp³-hybridized carbons (Fsp3) is 0.250. The summed E-state index contributed by atoms with van der Waals surface area (Å²) in [6.07, 6.45) is 0. The summed E-state index contributed by atoms with van der Waals surface area (Å²) in [5.41, 5.74) is 3.56. The van der Waals surface area contributed by atoms with Crippen LogP contribution in [0.3, 0.4) is 0 Å². The average molecular weight is 437 g/mol. The first kappa shape index (κ1) is 19.9. The quantitative estimate of drug-likeness (QED) is 0.445. The van der Waals surface area contributed by atoms with Gasteiger partial charge in [-0.2, -0.15) is 0 Å². The Morgan fingerprint density at radius 2 is 1.12 bits per heavy atom. The fourth-order valence-electron chi connectivity index (χ4n) is 6.76. The fourth-order valence-corrected chi connectivity index (χ4v) is 6.76. The molecule has 2 atom stereocenters. The molecule has 1 fully saturated rings. The molecule has 1 heterocycles. The van der Waals surface area contributed by atoms with E-state index in [0.717, 1.165) is 22.3 Å². The van der Waals surface area contributed by atoms with Crippen LogP contribution in [0.25, 0.3) is 0 Å². The molecule has 7 rings (SSSR count). The summed E-state index contributed by atoms with van der Waals surface area (Å²) in [5.74, 6) is -2.23. The molecule has 3 aromatic carbocycles. The summed E-state index contributed by atoms with van der Waals surface area (Å²) >= 11 is 0. The Morgan fingerprint density at radius 3 is 1.55 bits per heavy atom. The van der Waals surface area contributed by atoms with Crippen molar-refractivity contribution in [2.45, 2.75) is 24.7 Å². The SMILES string of the molecule is COC(=O)c1ccccc1N1C(=O)C2C(C1=O)C1(C)c3ccccc3C2(C)c2ccccc21. The number of benzene rings is 3. The van der Waals surface area contributed by atoms with Gasteiger partial charge in [0.25, 0.3) is 0 Å². The van der Waals surface area contributed by atoms with Gasteiger partial charge in [-0.1, -0.05) is 74.5 Å². The number of anilines is 1. The number of imide groups is 1. The maximum absolute atomic E-state index is 14.1. The highest BCUT2D eigenvalue weighted by Crippen LogP contribution is 2.66. The minimum absolute atomic E-state index is 0.207. The third kappa shape index (κ3) is 2.15. The predicted molar refractivity (Wildman–Crippen MR) is 123 cm³/mol. The number of amides is 2. The van der Waals surface area contributed by atoms with Crippen LogP contribution in [0.1, 0.15) is 46.5 Å². The lowest BCUT2D eigenvalue weighted by molar-refractivity contribution is -0.124. The number of hydrogen-bond acceptors (Lipinski definition) is 4. The summed E-state index contributed by atoms with van der Waals surface area (Å²) in [6, 6.07) is 23.0. The average Bonchev–Trinajstić information content (AvgIpc) is 3.13. The molecule has 2 bridgehead atoms. The first-order chi connectivity index (χ1) is 15.9. The van der Waals surface area contributed by atoms with E-state index in [9.17, 15) is 14.4 Å². The van der Waals surface area contributed by atoms with Gasteiger partial charge in [0, 0.05) is 10.8 Å². The molecule has 1 saturated heterocycles. The van der Waals surface area contributed by atoms with E-state index in [-0.39, 0.29) is 23.1 Å². The van der Waals surface area contributed by atoms with Crippen LogP contribution in [0, 0.1) is 11.8 Å². The minimum Gasteiger partial charge on any atom is -0.465 e. The summed E-state index contributed by atoms with van der Waals surface area (Å²) in [7, 11) is 1.29. The molecule has 3 aromatic rings. The van der Waals surface area contributed by atoms with Crippen molar-refractivity contribution in [3.05, 3.63) is 101 Å². The predicted octanol–water partition coefficient (Wildman–Crippen LogP) is 4.22. The largest absolute Gasteiger partial charge is 0.465 e. The minimum atomic E-state index is -0.655. The van der Waals surface area contributed by atoms with Crippen molar-refractivity contribution in [3.63, 3.8) is 0 Å². The highest BCUT2D eigenvalue weighted by molar-refractivity contribution is 6.25. The first-order valence-electron chi connectivity index (χ1n) is 11.1. The van der Waals surface area contributed by atoms with E-state index >= 15 is 0 Å². The molecule has 5 nitrogen and oxygen atoms in total. The van der Waals surface area contributed by atoms with Gasteiger partial charge in [-0.15, -0.1) is 0 Å². The van der Waals surface area contributed by atoms with Crippen molar-refractivity contribution < 1.29 is 19.1 Å². The van der Waals surface area contributed by atoms with Crippen LogP contribution in [-0.2, 0) is 25.2 Å². The number of esters is 1. The zero-order chi connectivity index (χ0) is 23.1. The van der Waals surface area contributed by atoms with E-state index in [0.29, 0.717) is 0 Å². The number of carbonyl (C=O) groups excluding carboxylic acids is 3. The second kappa shape index (κ2) is 6.41. The molecule has 2 unspecified atom stereocenters. The molecule has 0 aromatic heterocycles. The van der Waals surface area contributed by atoms with Gasteiger partial charge in [-0.05, 0) is 34.4 Å². The van der Waals surface area contributed by atoms with Crippen LogP contribution in [0.4, 0.5) is 5.69 Å². The van der Waals surface area contributed by atoms with Crippen LogP contribution in [0.5, 0.6) is 0 Å². The maximum atomic E-state index is 14.1. The van der Waals surface area contributed by atoms with Crippen LogP contribution in [0.2, 0.25) is 0 Å². The Hall–Kier alpha value is -3.73. The Kier molecular flexibility index (Phi) is 3.87. The van der Waals surface area contributed by atoms with Crippen molar-refractivity contribution in [1.29, 1.82) is 0 Å². The van der Waals surface area contributed by atoms with E-state index in [1.54, 1.807) is 24.3 Å². The van der Waals surface area contributed by atoms with Gasteiger partial charge in [0.05, 0.1) is 30.2 Å². The third-order valence-electron chi connectivity index (χ3n) is 8.19. The molecule has 4 aliphatic rings. The molecule has 164 valence electrons. The van der Waals surface area contributed by atoms with Gasteiger partial charge < -0.3 is 4.74 Å². The first-order valence-corrected chi connectivity index (χ1v) is 11.1. The zero-order valence-electron chi connectivity index (χ0n) is 18.7. The standard InChI is InChI=1S/C28H23NO4/c1-27-17-11-5-7-13-19(17)28(2,20-14-8-6-12-18(20)27)23-22(27)24(30)29(25(23)31)21-15-9-4-10-16(21)26(32)33-3/h4-15,22-23H,1-3H3. The van der Waals surface area contributed by atoms with Crippen LogP contribution >= 0.6 is 0 Å². The van der Waals surface area contributed by atoms with Crippen molar-refractivity contribution in [3.8, 4) is 0 Å². The van der Waals surface area contributed by atoms with Gasteiger partial charge in [0.2, 0.25) is 11.8 Å². The molecule has 3 aliphatic carbocycles. The van der Waals surface area contributed by atoms with E-state index in [4.69, 9.17) is 4.74 Å². The molecular weight excluding hydrogens is 414 g/mol. The summed E-state index contributed by atoms with van der Waals surface area (Å²) in [6.45, 7) is 4.17. The van der Waals surface area contributed by atoms with Crippen LogP contribution < -0.4 is 4.90 Å². The maximum Gasteiger partial charge on any atom is 0.339 e. The Bertz CT molecular complexity index is 1250. The summed E-state index contributed by atoms with van der Waals surface area (Å²) in [5, 5.41) is 0. The van der Waals surface area contributed by atoms with E-state index < -0.39 is 28.6 Å². The summed E-state index contributed by atoms with van der Waals surface area (Å²) in [4.78, 5) is 42.0. The number of carbonyl (C=O) groups is 3. The molecule has 0 saturated carbocycles. The topological polar surface area (TPSA) is 63.7 Å². The van der Waals surface area contributed by atoms with E-state index in [1.165, 1.54) is 12.0 Å². The van der Waals surface area contributed by atoms with Crippen LogP contribution in [-0.4, -0.2) is 24.9 Å². The third-order valence-corrected chi connectivity index (χ3v) is 8.19. The van der Waals surface area contributed by atoms with Gasteiger partial charge in [0.15, 0.2) is 0 Å². The molecule has 1 aliphatic heterocycles. The molecular formula is C28H23NO4. The molecule has 0 spiro atoms. The normalized spacial score (nSPS) is 28.9. The highest BCUT2D eigenvalue weighted by atomic mass is 16.5. The van der Waals surface area contributed by atoms with Gasteiger partial charge in [-0.25, -0.2) is 9.69 Å². The lowest BCUT2D eigenvalue weighted by Gasteiger charge is -2.57. The molecule has 33 heavy (non-hydrogen) atoms. The molecule has 0 radical (unpaired) electrons. The number of methoxy groups -OCH3 is 1. The van der Waals surface area contributed by atoms with Crippen molar-refractivity contribution in [2.24, 2.45) is 11.8 Å². The number of hydrogen-bond donors (Lipinski definition) is 0. The summed E-state index contributed by atoms with van der Waals surface area (Å²) < 4.78 is 4.93. The Morgan fingerprint density at radius 1 is 0.727 bits per heavy atom. The van der Waals surface area contributed by atoms with Crippen molar-refractivity contribution >= 4 is 23.5 Å².